The lowest BCUT2D eigenvalue weighted by molar-refractivity contribution is -0.144. The van der Waals surface area contributed by atoms with Crippen molar-refractivity contribution in [1.29, 1.82) is 0 Å². The molecule has 2 nitrogen and oxygen atoms in total. The molecule has 0 saturated heterocycles. The van der Waals surface area contributed by atoms with Gasteiger partial charge in [-0.25, -0.2) is 0 Å². The number of fused-ring (bicyclic) bond motifs is 2. The number of allylic oxidation sites excluding steroid dienone is 2. The fourth-order valence-corrected chi connectivity index (χ4v) is 5.37. The molecule has 0 radical (unpaired) electrons. The fraction of sp³-hybridized carbons (Fsp3) is 0.286. The maximum Gasteiger partial charge on any atom is 0.417 e. The lowest BCUT2D eigenvalue weighted by atomic mass is 9.90. The third-order valence-corrected chi connectivity index (χ3v) is 7.21. The standard InChI is InChI=1S/C28H18F12N2/c1-13-7-9-41-21(13)23(17-5-3-15(25(29,30)31)11-19(17)27(35,36)37)42-10-8-14(2)22(42)24(41)18-6-4-16(26(32,33)34)12-20(18)28(38,39)40/h3-14H,1-2H3. The Morgan fingerprint density at radius 1 is 0.500 bits per heavy atom. The highest BCUT2D eigenvalue weighted by Gasteiger charge is 2.47. The maximum atomic E-state index is 14.2. The first-order valence-corrected chi connectivity index (χ1v) is 12.2. The highest BCUT2D eigenvalue weighted by Crippen LogP contribution is 2.54. The lowest BCUT2D eigenvalue weighted by Gasteiger charge is -2.41. The van der Waals surface area contributed by atoms with Crippen LogP contribution in [0.4, 0.5) is 52.7 Å². The quantitative estimate of drug-likeness (QED) is 0.313. The Hall–Kier alpha value is -3.84. The second-order valence-corrected chi connectivity index (χ2v) is 9.98. The van der Waals surface area contributed by atoms with Gasteiger partial charge in [0.1, 0.15) is 0 Å². The first-order valence-electron chi connectivity index (χ1n) is 12.2. The number of hydrogen-bond donors (Lipinski definition) is 0. The Bertz CT molecular complexity index is 1450. The fourth-order valence-electron chi connectivity index (χ4n) is 5.37. The van der Waals surface area contributed by atoms with Gasteiger partial charge in [-0.05, 0) is 24.3 Å². The van der Waals surface area contributed by atoms with Crippen molar-refractivity contribution in [1.82, 2.24) is 9.80 Å². The molecule has 0 aromatic heterocycles. The summed E-state index contributed by atoms with van der Waals surface area (Å²) >= 11 is 0. The second kappa shape index (κ2) is 9.33. The average Bonchev–Trinajstić information content (AvgIpc) is 3.43. The third-order valence-electron chi connectivity index (χ3n) is 7.21. The van der Waals surface area contributed by atoms with Crippen LogP contribution in [0.2, 0.25) is 0 Å². The van der Waals surface area contributed by atoms with Crippen LogP contribution in [0.1, 0.15) is 47.2 Å². The molecule has 2 aromatic rings. The highest BCUT2D eigenvalue weighted by atomic mass is 19.4. The van der Waals surface area contributed by atoms with Crippen molar-refractivity contribution in [3.8, 4) is 0 Å². The molecule has 0 N–H and O–H groups in total. The van der Waals surface area contributed by atoms with Crippen LogP contribution in [-0.2, 0) is 24.7 Å². The van der Waals surface area contributed by atoms with Gasteiger partial charge in [0.25, 0.3) is 0 Å². The predicted octanol–water partition coefficient (Wildman–Crippen LogP) is 9.74. The van der Waals surface area contributed by atoms with Gasteiger partial charge in [-0.3, -0.25) is 0 Å². The van der Waals surface area contributed by atoms with Crippen molar-refractivity contribution < 1.29 is 52.7 Å². The summed E-state index contributed by atoms with van der Waals surface area (Å²) in [5, 5.41) is 0. The van der Waals surface area contributed by atoms with E-state index in [2.05, 4.69) is 0 Å². The van der Waals surface area contributed by atoms with Crippen LogP contribution in [0.5, 0.6) is 0 Å². The van der Waals surface area contributed by atoms with Gasteiger partial charge in [-0.15, -0.1) is 0 Å². The van der Waals surface area contributed by atoms with Crippen LogP contribution in [0.15, 0.2) is 72.3 Å². The molecule has 2 aromatic carbocycles. The lowest BCUT2D eigenvalue weighted by Crippen LogP contribution is -2.33. The van der Waals surface area contributed by atoms with E-state index in [0.29, 0.717) is 24.3 Å². The van der Waals surface area contributed by atoms with Crippen LogP contribution in [0.25, 0.3) is 11.4 Å². The maximum absolute atomic E-state index is 14.2. The molecule has 3 aliphatic heterocycles. The molecule has 0 bridgehead atoms. The Kier molecular flexibility index (Phi) is 6.59. The summed E-state index contributed by atoms with van der Waals surface area (Å²) in [5.41, 5.74) is -8.03. The minimum atomic E-state index is -5.25. The highest BCUT2D eigenvalue weighted by molar-refractivity contribution is 5.85. The number of hydrogen-bond acceptors (Lipinski definition) is 2. The number of benzene rings is 2. The molecule has 2 unspecified atom stereocenters. The molecule has 224 valence electrons. The van der Waals surface area contributed by atoms with Gasteiger partial charge in [-0.1, -0.05) is 38.1 Å². The van der Waals surface area contributed by atoms with Crippen molar-refractivity contribution >= 4 is 11.4 Å². The van der Waals surface area contributed by atoms with Gasteiger partial charge >= 0.3 is 24.7 Å². The zero-order chi connectivity index (χ0) is 31.2. The first kappa shape index (κ1) is 29.6. The molecule has 0 aliphatic carbocycles. The molecule has 5 rings (SSSR count). The second-order valence-electron chi connectivity index (χ2n) is 9.98. The van der Waals surface area contributed by atoms with Gasteiger partial charge in [0.15, 0.2) is 0 Å². The summed E-state index contributed by atoms with van der Waals surface area (Å²) in [4.78, 5) is 2.34. The zero-order valence-electron chi connectivity index (χ0n) is 21.4. The Balaban J connectivity index is 1.81. The SMILES string of the molecule is CC1C=CN2C(c3ccc(C(F)(F)F)cc3C(F)(F)F)=C3C(C)C=CN3C(c3ccc(C(F)(F)F)cc3C(F)(F)F)=C12. The summed E-state index contributed by atoms with van der Waals surface area (Å²) in [6, 6.07) is 2.23. The van der Waals surface area contributed by atoms with Gasteiger partial charge in [0.2, 0.25) is 0 Å². The molecule has 0 fully saturated rings. The van der Waals surface area contributed by atoms with Crippen LogP contribution >= 0.6 is 0 Å². The summed E-state index contributed by atoms with van der Waals surface area (Å²) < 4.78 is 165. The zero-order valence-corrected chi connectivity index (χ0v) is 21.4. The third kappa shape index (κ3) is 4.83. The summed E-state index contributed by atoms with van der Waals surface area (Å²) in [6.07, 6.45) is -15.2. The van der Waals surface area contributed by atoms with E-state index in [1.807, 2.05) is 0 Å². The van der Waals surface area contributed by atoms with Crippen LogP contribution in [0, 0.1) is 11.8 Å². The normalized spacial score (nSPS) is 21.1. The molecule has 2 atom stereocenters. The van der Waals surface area contributed by atoms with E-state index in [1.54, 1.807) is 0 Å². The van der Waals surface area contributed by atoms with Gasteiger partial charge in [0.05, 0.1) is 45.0 Å². The van der Waals surface area contributed by atoms with Crippen molar-refractivity contribution in [2.24, 2.45) is 11.8 Å². The Morgan fingerprint density at radius 3 is 1.12 bits per heavy atom. The van der Waals surface area contributed by atoms with E-state index in [1.165, 1.54) is 48.2 Å². The predicted molar refractivity (Wildman–Crippen MR) is 127 cm³/mol. The summed E-state index contributed by atoms with van der Waals surface area (Å²) in [5.74, 6) is -1.49. The molecule has 0 amide bonds. The number of alkyl halides is 12. The van der Waals surface area contributed by atoms with Gasteiger partial charge < -0.3 is 9.80 Å². The molecule has 0 saturated carbocycles. The van der Waals surface area contributed by atoms with E-state index >= 15 is 0 Å². The Morgan fingerprint density at radius 2 is 0.833 bits per heavy atom. The van der Waals surface area contributed by atoms with Gasteiger partial charge in [-0.2, -0.15) is 52.7 Å². The number of nitrogens with zero attached hydrogens (tertiary/aromatic N) is 2. The average molecular weight is 610 g/mol. The number of rotatable bonds is 2. The van der Waals surface area contributed by atoms with Crippen molar-refractivity contribution in [2.75, 3.05) is 0 Å². The van der Waals surface area contributed by atoms with Crippen LogP contribution in [0.3, 0.4) is 0 Å². The summed E-state index contributed by atoms with van der Waals surface area (Å²) in [6.45, 7) is 3.04. The van der Waals surface area contributed by atoms with E-state index in [0.717, 1.165) is 0 Å². The first-order chi connectivity index (χ1) is 19.2. The molecule has 3 aliphatic rings. The molecule has 42 heavy (non-hydrogen) atoms. The van der Waals surface area contributed by atoms with Crippen molar-refractivity contribution in [3.63, 3.8) is 0 Å². The smallest absolute Gasteiger partial charge is 0.316 e. The van der Waals surface area contributed by atoms with Crippen molar-refractivity contribution in [2.45, 2.75) is 38.6 Å². The van der Waals surface area contributed by atoms with E-state index in [4.69, 9.17) is 0 Å². The largest absolute Gasteiger partial charge is 0.417 e. The minimum absolute atomic E-state index is 0.00535. The van der Waals surface area contributed by atoms with E-state index < -0.39 is 69.9 Å². The molecular formula is C28H18F12N2. The van der Waals surface area contributed by atoms with Crippen LogP contribution < -0.4 is 0 Å². The van der Waals surface area contributed by atoms with Crippen LogP contribution in [-0.4, -0.2) is 9.80 Å². The minimum Gasteiger partial charge on any atom is -0.316 e. The molecule has 14 heteroatoms. The monoisotopic (exact) mass is 610 g/mol. The van der Waals surface area contributed by atoms with E-state index in [9.17, 15) is 52.7 Å². The number of halogens is 12. The van der Waals surface area contributed by atoms with E-state index in [-0.39, 0.29) is 34.9 Å². The Labute approximate surface area is 230 Å². The molecular weight excluding hydrogens is 592 g/mol. The van der Waals surface area contributed by atoms with Gasteiger partial charge in [0, 0.05) is 35.4 Å². The van der Waals surface area contributed by atoms with Crippen molar-refractivity contribution in [3.05, 3.63) is 106 Å². The summed E-state index contributed by atoms with van der Waals surface area (Å²) in [7, 11) is 0. The topological polar surface area (TPSA) is 6.48 Å². The molecule has 3 heterocycles. The molecule has 0 spiro atoms.